The van der Waals surface area contributed by atoms with Crippen molar-refractivity contribution in [3.63, 3.8) is 0 Å². The third-order valence-electron chi connectivity index (χ3n) is 4.61. The van der Waals surface area contributed by atoms with Crippen LogP contribution in [0.3, 0.4) is 0 Å². The maximum absolute atomic E-state index is 12.3. The monoisotopic (exact) mass is 330 g/mol. The topological polar surface area (TPSA) is 42.0 Å². The van der Waals surface area contributed by atoms with Crippen LogP contribution in [0.15, 0.2) is 54.6 Å². The van der Waals surface area contributed by atoms with Gasteiger partial charge in [-0.15, -0.1) is 0 Å². The number of hydrogen-bond donors (Lipinski definition) is 1. The Labute approximate surface area is 143 Å². The summed E-state index contributed by atoms with van der Waals surface area (Å²) in [6.45, 7) is 0. The van der Waals surface area contributed by atoms with Crippen LogP contribution < -0.4 is 5.32 Å². The highest BCUT2D eigenvalue weighted by atomic mass is 32.1. The molecule has 0 fully saturated rings. The largest absolute Gasteiger partial charge is 0.298 e. The van der Waals surface area contributed by atoms with Gasteiger partial charge in [0.25, 0.3) is 5.91 Å². The molecule has 4 aromatic rings. The molecule has 0 radical (unpaired) electrons. The Morgan fingerprint density at radius 2 is 1.83 bits per heavy atom. The summed E-state index contributed by atoms with van der Waals surface area (Å²) in [7, 11) is 0. The number of rotatable bonds is 2. The number of aromatic nitrogens is 1. The van der Waals surface area contributed by atoms with E-state index in [1.807, 2.05) is 18.2 Å². The first-order valence-electron chi connectivity index (χ1n) is 8.00. The summed E-state index contributed by atoms with van der Waals surface area (Å²) in [4.78, 5) is 17.0. The lowest BCUT2D eigenvalue weighted by molar-refractivity contribution is 0.102. The van der Waals surface area contributed by atoms with Crippen LogP contribution in [0.25, 0.3) is 21.0 Å². The van der Waals surface area contributed by atoms with Crippen LogP contribution in [-0.4, -0.2) is 10.9 Å². The number of fused-ring (bicyclic) bond motifs is 2. The van der Waals surface area contributed by atoms with Gasteiger partial charge in [0.1, 0.15) is 0 Å². The molecular formula is C20H14N2OS. The normalized spacial score (nSPS) is 12.8. The smallest absolute Gasteiger partial charge is 0.257 e. The van der Waals surface area contributed by atoms with Crippen molar-refractivity contribution in [2.45, 2.75) is 12.8 Å². The van der Waals surface area contributed by atoms with Crippen molar-refractivity contribution in [3.8, 4) is 0 Å². The SMILES string of the molecule is O=C(Nc1nc2c(cc3c4c(cccc42)CC3)s1)c1ccccc1. The van der Waals surface area contributed by atoms with Gasteiger partial charge in [0.2, 0.25) is 0 Å². The number of carbonyl (C=O) groups excluding carboxylic acids is 1. The second kappa shape index (κ2) is 5.14. The van der Waals surface area contributed by atoms with Gasteiger partial charge in [-0.05, 0) is 47.6 Å². The average molecular weight is 330 g/mol. The second-order valence-electron chi connectivity index (χ2n) is 6.06. The van der Waals surface area contributed by atoms with Crippen molar-refractivity contribution in [3.05, 3.63) is 71.3 Å². The first-order chi connectivity index (χ1) is 11.8. The lowest BCUT2D eigenvalue weighted by Crippen LogP contribution is -2.11. The van der Waals surface area contributed by atoms with E-state index >= 15 is 0 Å². The maximum Gasteiger partial charge on any atom is 0.257 e. The zero-order chi connectivity index (χ0) is 16.1. The number of carbonyl (C=O) groups is 1. The van der Waals surface area contributed by atoms with Gasteiger partial charge >= 0.3 is 0 Å². The summed E-state index contributed by atoms with van der Waals surface area (Å²) in [5, 5.41) is 6.15. The lowest BCUT2D eigenvalue weighted by Gasteiger charge is -2.02. The van der Waals surface area contributed by atoms with Gasteiger partial charge in [0, 0.05) is 10.9 Å². The number of hydrogen-bond acceptors (Lipinski definition) is 3. The molecule has 1 heterocycles. The first-order valence-corrected chi connectivity index (χ1v) is 8.82. The summed E-state index contributed by atoms with van der Waals surface area (Å²) in [5.74, 6) is -0.119. The highest BCUT2D eigenvalue weighted by molar-refractivity contribution is 7.22. The maximum atomic E-state index is 12.3. The van der Waals surface area contributed by atoms with E-state index in [2.05, 4.69) is 29.6 Å². The summed E-state index contributed by atoms with van der Waals surface area (Å²) in [6.07, 6.45) is 2.21. The van der Waals surface area contributed by atoms with Crippen LogP contribution in [0, 0.1) is 0 Å². The molecule has 5 rings (SSSR count). The van der Waals surface area contributed by atoms with Crippen molar-refractivity contribution < 1.29 is 4.79 Å². The molecule has 0 spiro atoms. The molecule has 1 aliphatic carbocycles. The van der Waals surface area contributed by atoms with Gasteiger partial charge in [0.05, 0.1) is 10.2 Å². The molecule has 0 saturated carbocycles. The van der Waals surface area contributed by atoms with E-state index in [-0.39, 0.29) is 5.91 Å². The Balaban J connectivity index is 1.61. The number of anilines is 1. The minimum Gasteiger partial charge on any atom is -0.298 e. The molecule has 0 bridgehead atoms. The molecule has 0 atom stereocenters. The van der Waals surface area contributed by atoms with E-state index in [0.717, 1.165) is 23.1 Å². The predicted octanol–water partition coefficient (Wildman–Crippen LogP) is 4.80. The molecule has 3 aromatic carbocycles. The van der Waals surface area contributed by atoms with Gasteiger partial charge in [-0.25, -0.2) is 4.98 Å². The van der Waals surface area contributed by atoms with E-state index < -0.39 is 0 Å². The number of benzene rings is 3. The minimum absolute atomic E-state index is 0.119. The summed E-state index contributed by atoms with van der Waals surface area (Å²) in [5.41, 5.74) is 4.45. The van der Waals surface area contributed by atoms with Gasteiger partial charge in [-0.1, -0.05) is 47.7 Å². The van der Waals surface area contributed by atoms with Crippen molar-refractivity contribution >= 4 is 43.4 Å². The van der Waals surface area contributed by atoms with Crippen LogP contribution in [0.1, 0.15) is 21.5 Å². The van der Waals surface area contributed by atoms with Crippen LogP contribution in [0.5, 0.6) is 0 Å². The Bertz CT molecular complexity index is 1100. The van der Waals surface area contributed by atoms with Gasteiger partial charge in [-0.3, -0.25) is 10.1 Å². The molecule has 116 valence electrons. The molecule has 1 aromatic heterocycles. The fourth-order valence-electron chi connectivity index (χ4n) is 3.52. The van der Waals surface area contributed by atoms with Gasteiger partial charge < -0.3 is 0 Å². The molecule has 4 heteroatoms. The summed E-state index contributed by atoms with van der Waals surface area (Å²) < 4.78 is 1.14. The van der Waals surface area contributed by atoms with Crippen molar-refractivity contribution in [2.24, 2.45) is 0 Å². The highest BCUT2D eigenvalue weighted by Gasteiger charge is 2.19. The van der Waals surface area contributed by atoms with E-state index in [0.29, 0.717) is 10.7 Å². The van der Waals surface area contributed by atoms with E-state index in [9.17, 15) is 4.79 Å². The zero-order valence-corrected chi connectivity index (χ0v) is 13.7. The third kappa shape index (κ3) is 2.03. The lowest BCUT2D eigenvalue weighted by atomic mass is 10.0. The molecule has 1 aliphatic rings. The number of aryl methyl sites for hydroxylation is 2. The fourth-order valence-corrected chi connectivity index (χ4v) is 4.46. The van der Waals surface area contributed by atoms with Crippen LogP contribution in [0.2, 0.25) is 0 Å². The van der Waals surface area contributed by atoms with E-state index in [1.54, 1.807) is 23.5 Å². The minimum atomic E-state index is -0.119. The van der Waals surface area contributed by atoms with E-state index in [1.165, 1.54) is 21.9 Å². The molecule has 1 N–H and O–H groups in total. The third-order valence-corrected chi connectivity index (χ3v) is 5.52. The summed E-state index contributed by atoms with van der Waals surface area (Å²) >= 11 is 1.54. The molecular weight excluding hydrogens is 316 g/mol. The highest BCUT2D eigenvalue weighted by Crippen LogP contribution is 2.39. The number of amides is 1. The number of thiazole rings is 1. The van der Waals surface area contributed by atoms with Crippen LogP contribution in [0.4, 0.5) is 5.13 Å². The Morgan fingerprint density at radius 1 is 1.00 bits per heavy atom. The Kier molecular flexibility index (Phi) is 2.94. The second-order valence-corrected chi connectivity index (χ2v) is 7.09. The summed E-state index contributed by atoms with van der Waals surface area (Å²) in [6, 6.07) is 17.9. The fraction of sp³-hybridized carbons (Fsp3) is 0.100. The predicted molar refractivity (Wildman–Crippen MR) is 98.9 cm³/mol. The molecule has 3 nitrogen and oxygen atoms in total. The average Bonchev–Trinajstić information content (AvgIpc) is 3.21. The quantitative estimate of drug-likeness (QED) is 0.573. The standard InChI is InChI=1S/C20H14N2OS/c23-19(13-5-2-1-3-6-13)22-20-21-18-15-8-4-7-12-9-10-14(17(12)15)11-16(18)24-20/h1-8,11H,9-10H2,(H,21,22,23). The van der Waals surface area contributed by atoms with Gasteiger partial charge in [-0.2, -0.15) is 0 Å². The molecule has 1 amide bonds. The Hall–Kier alpha value is -2.72. The van der Waals surface area contributed by atoms with Crippen LogP contribution in [-0.2, 0) is 12.8 Å². The molecule has 0 aliphatic heterocycles. The zero-order valence-electron chi connectivity index (χ0n) is 12.9. The molecule has 0 saturated heterocycles. The Morgan fingerprint density at radius 3 is 2.71 bits per heavy atom. The van der Waals surface area contributed by atoms with Crippen molar-refractivity contribution in [1.82, 2.24) is 4.98 Å². The van der Waals surface area contributed by atoms with Crippen LogP contribution >= 0.6 is 11.3 Å². The van der Waals surface area contributed by atoms with Crippen molar-refractivity contribution in [1.29, 1.82) is 0 Å². The molecule has 0 unspecified atom stereocenters. The number of nitrogens with one attached hydrogen (secondary N) is 1. The number of nitrogens with zero attached hydrogens (tertiary/aromatic N) is 1. The van der Waals surface area contributed by atoms with Crippen molar-refractivity contribution in [2.75, 3.05) is 5.32 Å². The van der Waals surface area contributed by atoms with E-state index in [4.69, 9.17) is 4.98 Å². The van der Waals surface area contributed by atoms with Gasteiger partial charge in [0.15, 0.2) is 5.13 Å². The molecule has 24 heavy (non-hydrogen) atoms. The first kappa shape index (κ1) is 13.7.